The van der Waals surface area contributed by atoms with Crippen LogP contribution in [-0.4, -0.2) is 15.7 Å². The number of ether oxygens (including phenoxy) is 1. The molecule has 1 aromatic heterocycles. The van der Waals surface area contributed by atoms with Crippen LogP contribution in [0.15, 0.2) is 39.5 Å². The van der Waals surface area contributed by atoms with Gasteiger partial charge in [-0.1, -0.05) is 0 Å². The van der Waals surface area contributed by atoms with Gasteiger partial charge in [-0.3, -0.25) is 20.5 Å². The Hall–Kier alpha value is -2.00. The van der Waals surface area contributed by atoms with Gasteiger partial charge in [-0.2, -0.15) is 0 Å². The summed E-state index contributed by atoms with van der Waals surface area (Å²) in [5.41, 5.74) is 5.76. The molecule has 0 fully saturated rings. The first-order chi connectivity index (χ1) is 9.90. The molecule has 3 N–H and O–H groups in total. The van der Waals surface area contributed by atoms with Crippen LogP contribution in [0.3, 0.4) is 0 Å². The van der Waals surface area contributed by atoms with E-state index in [2.05, 4.69) is 36.8 Å². The SMILES string of the molecule is N=C(N)c1ccncc1Oc1c(Br)cc([N+](=O)[O-])cc1Br. The molecule has 7 nitrogen and oxygen atoms in total. The molecule has 0 amide bonds. The van der Waals surface area contributed by atoms with Crippen molar-refractivity contribution in [1.29, 1.82) is 5.41 Å². The highest BCUT2D eigenvalue weighted by atomic mass is 79.9. The Bertz CT molecular complexity index is 713. The number of nitrogens with one attached hydrogen (secondary N) is 1. The highest BCUT2D eigenvalue weighted by Crippen LogP contribution is 2.40. The first-order valence-electron chi connectivity index (χ1n) is 5.50. The van der Waals surface area contributed by atoms with Crippen molar-refractivity contribution in [2.75, 3.05) is 0 Å². The number of benzene rings is 1. The summed E-state index contributed by atoms with van der Waals surface area (Å²) in [6, 6.07) is 4.19. The van der Waals surface area contributed by atoms with Gasteiger partial charge in [0, 0.05) is 18.3 Å². The molecule has 108 valence electrons. The Kier molecular flexibility index (Phi) is 4.53. The number of nitrogens with two attached hydrogens (primary N) is 1. The molecule has 0 unspecified atom stereocenters. The fraction of sp³-hybridized carbons (Fsp3) is 0. The Morgan fingerprint density at radius 3 is 2.52 bits per heavy atom. The largest absolute Gasteiger partial charge is 0.453 e. The molecule has 0 aliphatic rings. The zero-order chi connectivity index (χ0) is 15.6. The van der Waals surface area contributed by atoms with Crippen LogP contribution in [0.25, 0.3) is 0 Å². The van der Waals surface area contributed by atoms with Crippen LogP contribution in [0.1, 0.15) is 5.56 Å². The van der Waals surface area contributed by atoms with Gasteiger partial charge in [0.2, 0.25) is 0 Å². The monoisotopic (exact) mass is 414 g/mol. The number of nitrogen functional groups attached to an aromatic ring is 1. The molecule has 0 atom stereocenters. The van der Waals surface area contributed by atoms with Gasteiger partial charge >= 0.3 is 0 Å². The zero-order valence-corrected chi connectivity index (χ0v) is 13.5. The summed E-state index contributed by atoms with van der Waals surface area (Å²) in [6.07, 6.45) is 2.90. The quantitative estimate of drug-likeness (QED) is 0.342. The van der Waals surface area contributed by atoms with Crippen molar-refractivity contribution in [3.63, 3.8) is 0 Å². The third kappa shape index (κ3) is 3.37. The van der Waals surface area contributed by atoms with Crippen LogP contribution >= 0.6 is 31.9 Å². The maximum atomic E-state index is 10.8. The Morgan fingerprint density at radius 1 is 1.38 bits per heavy atom. The van der Waals surface area contributed by atoms with Crippen molar-refractivity contribution < 1.29 is 9.66 Å². The highest BCUT2D eigenvalue weighted by Gasteiger charge is 2.17. The lowest BCUT2D eigenvalue weighted by Gasteiger charge is -2.12. The Labute approximate surface area is 136 Å². The first-order valence-corrected chi connectivity index (χ1v) is 7.08. The van der Waals surface area contributed by atoms with Crippen molar-refractivity contribution in [3.05, 3.63) is 55.2 Å². The van der Waals surface area contributed by atoms with Gasteiger partial charge in [0.25, 0.3) is 5.69 Å². The number of halogens is 2. The predicted molar refractivity (Wildman–Crippen MR) is 83.8 cm³/mol. The first kappa shape index (κ1) is 15.4. The molecule has 2 rings (SSSR count). The number of non-ortho nitro benzene ring substituents is 1. The number of pyridine rings is 1. The second kappa shape index (κ2) is 6.19. The number of nitrogens with zero attached hydrogens (tertiary/aromatic N) is 2. The zero-order valence-electron chi connectivity index (χ0n) is 10.3. The van der Waals surface area contributed by atoms with E-state index in [1.807, 2.05) is 0 Å². The molecule has 0 aliphatic heterocycles. The smallest absolute Gasteiger partial charge is 0.271 e. The lowest BCUT2D eigenvalue weighted by atomic mass is 10.2. The maximum absolute atomic E-state index is 10.8. The minimum Gasteiger partial charge on any atom is -0.453 e. The summed E-state index contributed by atoms with van der Waals surface area (Å²) >= 11 is 6.44. The van der Waals surface area contributed by atoms with Crippen LogP contribution < -0.4 is 10.5 Å². The van der Waals surface area contributed by atoms with Gasteiger partial charge in [0.15, 0.2) is 11.5 Å². The van der Waals surface area contributed by atoms with E-state index in [0.29, 0.717) is 20.3 Å². The van der Waals surface area contributed by atoms with Crippen LogP contribution in [0, 0.1) is 15.5 Å². The van der Waals surface area contributed by atoms with Crippen molar-refractivity contribution in [2.24, 2.45) is 5.73 Å². The number of nitro benzene ring substituents is 1. The van der Waals surface area contributed by atoms with E-state index >= 15 is 0 Å². The molecule has 0 saturated heterocycles. The summed E-state index contributed by atoms with van der Waals surface area (Å²) in [7, 11) is 0. The highest BCUT2D eigenvalue weighted by molar-refractivity contribution is 9.11. The van der Waals surface area contributed by atoms with E-state index in [1.165, 1.54) is 24.5 Å². The van der Waals surface area contributed by atoms with Gasteiger partial charge in [0.05, 0.1) is 25.6 Å². The topological polar surface area (TPSA) is 115 Å². The molecule has 1 heterocycles. The van der Waals surface area contributed by atoms with Crippen molar-refractivity contribution >= 4 is 43.4 Å². The van der Waals surface area contributed by atoms with E-state index in [9.17, 15) is 10.1 Å². The van der Waals surface area contributed by atoms with E-state index in [-0.39, 0.29) is 17.3 Å². The standard InChI is InChI=1S/C12H8Br2N4O3/c13-8-3-6(18(19)20)4-9(14)11(8)21-10-5-17-2-1-7(10)12(15)16/h1-5H,(H3,15,16). The number of amidine groups is 1. The van der Waals surface area contributed by atoms with E-state index < -0.39 is 4.92 Å². The second-order valence-electron chi connectivity index (χ2n) is 3.88. The number of hydrogen-bond acceptors (Lipinski definition) is 5. The predicted octanol–water partition coefficient (Wildman–Crippen LogP) is 3.59. The fourth-order valence-corrected chi connectivity index (χ4v) is 2.87. The number of nitro groups is 1. The third-order valence-corrected chi connectivity index (χ3v) is 3.66. The summed E-state index contributed by atoms with van der Waals surface area (Å²) in [4.78, 5) is 14.2. The summed E-state index contributed by atoms with van der Waals surface area (Å²) in [6.45, 7) is 0. The molecule has 0 aliphatic carbocycles. The van der Waals surface area contributed by atoms with Gasteiger partial charge in [-0.15, -0.1) is 0 Å². The molecule has 21 heavy (non-hydrogen) atoms. The Morgan fingerprint density at radius 2 is 2.00 bits per heavy atom. The molecule has 0 radical (unpaired) electrons. The van der Waals surface area contributed by atoms with Crippen LogP contribution in [0.4, 0.5) is 5.69 Å². The van der Waals surface area contributed by atoms with E-state index in [4.69, 9.17) is 15.9 Å². The lowest BCUT2D eigenvalue weighted by Crippen LogP contribution is -2.12. The molecule has 1 aromatic carbocycles. The van der Waals surface area contributed by atoms with Crippen LogP contribution in [-0.2, 0) is 0 Å². The number of aromatic nitrogens is 1. The average molecular weight is 416 g/mol. The average Bonchev–Trinajstić information content (AvgIpc) is 2.42. The van der Waals surface area contributed by atoms with Crippen molar-refractivity contribution in [2.45, 2.75) is 0 Å². The molecular formula is C12H8Br2N4O3. The van der Waals surface area contributed by atoms with Crippen molar-refractivity contribution in [1.82, 2.24) is 4.98 Å². The van der Waals surface area contributed by atoms with Gasteiger partial charge in [-0.25, -0.2) is 0 Å². The van der Waals surface area contributed by atoms with Gasteiger partial charge in [0.1, 0.15) is 5.84 Å². The lowest BCUT2D eigenvalue weighted by molar-refractivity contribution is -0.385. The minimum absolute atomic E-state index is 0.0842. The third-order valence-electron chi connectivity index (χ3n) is 2.48. The summed E-state index contributed by atoms with van der Waals surface area (Å²) in [5, 5.41) is 18.3. The number of rotatable bonds is 4. The van der Waals surface area contributed by atoms with E-state index in [0.717, 1.165) is 0 Å². The summed E-state index contributed by atoms with van der Waals surface area (Å²) < 4.78 is 6.45. The van der Waals surface area contributed by atoms with Crippen LogP contribution in [0.2, 0.25) is 0 Å². The molecule has 2 aromatic rings. The van der Waals surface area contributed by atoms with Crippen LogP contribution in [0.5, 0.6) is 11.5 Å². The molecule has 9 heteroatoms. The fourth-order valence-electron chi connectivity index (χ4n) is 1.54. The Balaban J connectivity index is 2.46. The molecule has 0 bridgehead atoms. The van der Waals surface area contributed by atoms with Crippen molar-refractivity contribution in [3.8, 4) is 11.5 Å². The van der Waals surface area contributed by atoms with Gasteiger partial charge in [-0.05, 0) is 37.9 Å². The molecule has 0 spiro atoms. The molecular weight excluding hydrogens is 408 g/mol. The minimum atomic E-state index is -0.510. The van der Waals surface area contributed by atoms with E-state index in [1.54, 1.807) is 6.07 Å². The normalized spacial score (nSPS) is 10.2. The number of hydrogen-bond donors (Lipinski definition) is 2. The van der Waals surface area contributed by atoms with Gasteiger partial charge < -0.3 is 10.5 Å². The second-order valence-corrected chi connectivity index (χ2v) is 5.59. The summed E-state index contributed by atoms with van der Waals surface area (Å²) in [5.74, 6) is 0.443. The molecule has 0 saturated carbocycles. The maximum Gasteiger partial charge on any atom is 0.271 e.